The monoisotopic (exact) mass is 305 g/mol. The van der Waals surface area contributed by atoms with Crippen molar-refractivity contribution in [3.8, 4) is 11.5 Å². The van der Waals surface area contributed by atoms with Crippen LogP contribution in [0.15, 0.2) is 40.9 Å². The first-order chi connectivity index (χ1) is 8.60. The van der Waals surface area contributed by atoms with E-state index in [1.165, 1.54) is 5.56 Å². The van der Waals surface area contributed by atoms with Crippen LogP contribution in [0.25, 0.3) is 0 Å². The summed E-state index contributed by atoms with van der Waals surface area (Å²) in [4.78, 5) is 0. The van der Waals surface area contributed by atoms with Crippen LogP contribution in [0.1, 0.15) is 16.7 Å². The molecule has 0 aliphatic carbocycles. The zero-order valence-corrected chi connectivity index (χ0v) is 12.1. The predicted octanol–water partition coefficient (Wildman–Crippen LogP) is 4.32. The topological polar surface area (TPSA) is 35.2 Å². The average molecular weight is 306 g/mol. The molecule has 0 aromatic heterocycles. The van der Waals surface area contributed by atoms with Crippen molar-refractivity contribution < 1.29 is 4.74 Å². The molecule has 0 atom stereocenters. The lowest BCUT2D eigenvalue weighted by Gasteiger charge is -2.11. The fraction of sp³-hybridized carbons (Fsp3) is 0.200. The molecule has 0 aliphatic rings. The highest BCUT2D eigenvalue weighted by Gasteiger charge is 2.04. The quantitative estimate of drug-likeness (QED) is 0.916. The molecule has 18 heavy (non-hydrogen) atoms. The molecule has 94 valence electrons. The Bertz CT molecular complexity index is 566. The van der Waals surface area contributed by atoms with Gasteiger partial charge in [-0.15, -0.1) is 0 Å². The summed E-state index contributed by atoms with van der Waals surface area (Å²) in [5.74, 6) is 1.70. The fourth-order valence-electron chi connectivity index (χ4n) is 1.70. The molecule has 0 aliphatic heterocycles. The van der Waals surface area contributed by atoms with Gasteiger partial charge in [0.2, 0.25) is 0 Å². The van der Waals surface area contributed by atoms with Gasteiger partial charge in [-0.05, 0) is 48.7 Å². The lowest BCUT2D eigenvalue weighted by atomic mass is 10.1. The Labute approximate surface area is 116 Å². The number of nitrogens with two attached hydrogens (primary N) is 1. The highest BCUT2D eigenvalue weighted by atomic mass is 79.9. The van der Waals surface area contributed by atoms with E-state index in [2.05, 4.69) is 35.0 Å². The normalized spacial score (nSPS) is 10.4. The highest BCUT2D eigenvalue weighted by Crippen LogP contribution is 2.29. The molecular weight excluding hydrogens is 290 g/mol. The smallest absolute Gasteiger partial charge is 0.130 e. The van der Waals surface area contributed by atoms with Gasteiger partial charge in [-0.3, -0.25) is 0 Å². The highest BCUT2D eigenvalue weighted by molar-refractivity contribution is 9.10. The lowest BCUT2D eigenvalue weighted by molar-refractivity contribution is 0.478. The van der Waals surface area contributed by atoms with Crippen molar-refractivity contribution in [1.29, 1.82) is 0 Å². The number of benzene rings is 2. The number of rotatable bonds is 3. The Morgan fingerprint density at radius 3 is 2.56 bits per heavy atom. The van der Waals surface area contributed by atoms with Crippen molar-refractivity contribution in [1.82, 2.24) is 0 Å². The molecule has 0 fully saturated rings. The van der Waals surface area contributed by atoms with E-state index in [1.54, 1.807) is 0 Å². The van der Waals surface area contributed by atoms with Crippen LogP contribution >= 0.6 is 15.9 Å². The third-order valence-corrected chi connectivity index (χ3v) is 3.55. The van der Waals surface area contributed by atoms with Crippen LogP contribution in [-0.2, 0) is 6.54 Å². The van der Waals surface area contributed by atoms with E-state index in [0.29, 0.717) is 6.54 Å². The minimum Gasteiger partial charge on any atom is -0.457 e. The first-order valence-corrected chi connectivity index (χ1v) is 6.63. The van der Waals surface area contributed by atoms with Crippen LogP contribution in [-0.4, -0.2) is 0 Å². The first-order valence-electron chi connectivity index (χ1n) is 5.84. The molecule has 3 heteroatoms. The van der Waals surface area contributed by atoms with Crippen molar-refractivity contribution in [2.45, 2.75) is 20.4 Å². The second-order valence-corrected chi connectivity index (χ2v) is 5.18. The molecule has 2 aromatic carbocycles. The molecule has 0 amide bonds. The molecule has 0 saturated heterocycles. The summed E-state index contributed by atoms with van der Waals surface area (Å²) >= 11 is 3.49. The van der Waals surface area contributed by atoms with Crippen molar-refractivity contribution in [3.63, 3.8) is 0 Å². The Morgan fingerprint density at radius 2 is 1.89 bits per heavy atom. The Balaban J connectivity index is 2.28. The van der Waals surface area contributed by atoms with Gasteiger partial charge in [-0.25, -0.2) is 0 Å². The van der Waals surface area contributed by atoms with Crippen molar-refractivity contribution in [2.24, 2.45) is 5.73 Å². The van der Waals surface area contributed by atoms with E-state index in [1.807, 2.05) is 31.2 Å². The fourth-order valence-corrected chi connectivity index (χ4v) is 2.22. The molecule has 0 bridgehead atoms. The third-order valence-electron chi connectivity index (χ3n) is 2.82. The van der Waals surface area contributed by atoms with Gasteiger partial charge in [-0.2, -0.15) is 0 Å². The van der Waals surface area contributed by atoms with Crippen molar-refractivity contribution >= 4 is 15.9 Å². The zero-order chi connectivity index (χ0) is 13.1. The molecule has 0 spiro atoms. The number of hydrogen-bond donors (Lipinski definition) is 1. The second-order valence-electron chi connectivity index (χ2n) is 4.33. The van der Waals surface area contributed by atoms with Gasteiger partial charge in [0, 0.05) is 11.0 Å². The van der Waals surface area contributed by atoms with Gasteiger partial charge in [-0.1, -0.05) is 34.1 Å². The molecule has 0 saturated carbocycles. The van der Waals surface area contributed by atoms with E-state index in [0.717, 1.165) is 27.1 Å². The summed E-state index contributed by atoms with van der Waals surface area (Å²) in [5, 5.41) is 0. The molecular formula is C15H16BrNO. The standard InChI is InChI=1S/C15H16BrNO/c1-10-3-4-11(2)15(7-10)18-13-6-5-12(9-17)14(16)8-13/h3-8H,9,17H2,1-2H3. The van der Waals surface area contributed by atoms with Gasteiger partial charge in [0.25, 0.3) is 0 Å². The van der Waals surface area contributed by atoms with Gasteiger partial charge in [0.15, 0.2) is 0 Å². The SMILES string of the molecule is Cc1ccc(C)c(Oc2ccc(CN)c(Br)c2)c1. The Kier molecular flexibility index (Phi) is 4.04. The van der Waals surface area contributed by atoms with E-state index in [9.17, 15) is 0 Å². The molecule has 2 aromatic rings. The Morgan fingerprint density at radius 1 is 1.11 bits per heavy atom. The number of aryl methyl sites for hydroxylation is 2. The number of ether oxygens (including phenoxy) is 1. The minimum atomic E-state index is 0.518. The van der Waals surface area contributed by atoms with Crippen LogP contribution in [0.4, 0.5) is 0 Å². The third kappa shape index (κ3) is 2.92. The van der Waals surface area contributed by atoms with E-state index in [-0.39, 0.29) is 0 Å². The van der Waals surface area contributed by atoms with E-state index < -0.39 is 0 Å². The van der Waals surface area contributed by atoms with Gasteiger partial charge in [0.1, 0.15) is 11.5 Å². The maximum absolute atomic E-state index is 5.90. The summed E-state index contributed by atoms with van der Waals surface area (Å²) in [6.45, 7) is 4.61. The van der Waals surface area contributed by atoms with Crippen LogP contribution in [0, 0.1) is 13.8 Å². The summed E-state index contributed by atoms with van der Waals surface area (Å²) < 4.78 is 6.88. The molecule has 2 rings (SSSR count). The second kappa shape index (κ2) is 5.55. The number of halogens is 1. The van der Waals surface area contributed by atoms with Crippen LogP contribution < -0.4 is 10.5 Å². The average Bonchev–Trinajstić information content (AvgIpc) is 2.34. The maximum Gasteiger partial charge on any atom is 0.130 e. The van der Waals surface area contributed by atoms with Crippen LogP contribution in [0.3, 0.4) is 0 Å². The zero-order valence-electron chi connectivity index (χ0n) is 10.5. The Hall–Kier alpha value is -1.32. The van der Waals surface area contributed by atoms with E-state index >= 15 is 0 Å². The minimum absolute atomic E-state index is 0.518. The molecule has 0 unspecified atom stereocenters. The van der Waals surface area contributed by atoms with Gasteiger partial charge >= 0.3 is 0 Å². The number of hydrogen-bond acceptors (Lipinski definition) is 2. The summed E-state index contributed by atoms with van der Waals surface area (Å²) in [6.07, 6.45) is 0. The first kappa shape index (κ1) is 13.1. The molecule has 2 N–H and O–H groups in total. The largest absolute Gasteiger partial charge is 0.457 e. The summed E-state index contributed by atoms with van der Waals surface area (Å²) in [7, 11) is 0. The van der Waals surface area contributed by atoms with Crippen LogP contribution in [0.5, 0.6) is 11.5 Å². The van der Waals surface area contributed by atoms with Crippen molar-refractivity contribution in [3.05, 3.63) is 57.6 Å². The van der Waals surface area contributed by atoms with Crippen LogP contribution in [0.2, 0.25) is 0 Å². The predicted molar refractivity (Wildman–Crippen MR) is 78.0 cm³/mol. The molecule has 2 nitrogen and oxygen atoms in total. The molecule has 0 radical (unpaired) electrons. The lowest BCUT2D eigenvalue weighted by Crippen LogP contribution is -1.97. The van der Waals surface area contributed by atoms with E-state index in [4.69, 9.17) is 10.5 Å². The summed E-state index contributed by atoms with van der Waals surface area (Å²) in [5.41, 5.74) is 9.01. The van der Waals surface area contributed by atoms with Crippen molar-refractivity contribution in [2.75, 3.05) is 0 Å². The van der Waals surface area contributed by atoms with Gasteiger partial charge < -0.3 is 10.5 Å². The molecule has 0 heterocycles. The summed E-state index contributed by atoms with van der Waals surface area (Å²) in [6, 6.07) is 12.0. The van der Waals surface area contributed by atoms with Gasteiger partial charge in [0.05, 0.1) is 0 Å². The maximum atomic E-state index is 5.90.